The molecule has 0 atom stereocenters. The Balaban J connectivity index is 1.92. The van der Waals surface area contributed by atoms with Gasteiger partial charge in [-0.15, -0.1) is 0 Å². The normalized spacial score (nSPS) is 12.0. The van der Waals surface area contributed by atoms with E-state index in [4.69, 9.17) is 35.4 Å². The minimum atomic E-state index is 0.366. The van der Waals surface area contributed by atoms with Crippen molar-refractivity contribution >= 4 is 47.7 Å². The van der Waals surface area contributed by atoms with Crippen LogP contribution < -0.4 is 0 Å². The van der Waals surface area contributed by atoms with E-state index in [0.717, 1.165) is 11.1 Å². The minimum absolute atomic E-state index is 0.366. The van der Waals surface area contributed by atoms with Gasteiger partial charge in [-0.05, 0) is 36.0 Å². The summed E-state index contributed by atoms with van der Waals surface area (Å²) < 4.78 is 1.87. The lowest BCUT2D eigenvalue weighted by molar-refractivity contribution is 0.872. The van der Waals surface area contributed by atoms with Crippen molar-refractivity contribution in [2.45, 2.75) is 0 Å². The summed E-state index contributed by atoms with van der Waals surface area (Å²) in [6.07, 6.45) is 3.34. The molecule has 1 aromatic heterocycles. The monoisotopic (exact) mass is 374 g/mol. The topological polar surface area (TPSA) is 46.0 Å². The van der Waals surface area contributed by atoms with E-state index < -0.39 is 0 Å². The number of nitrogens with zero attached hydrogens (tertiary/aromatic N) is 3. The average Bonchev–Trinajstić information content (AvgIpc) is 2.95. The van der Waals surface area contributed by atoms with Crippen LogP contribution in [0.4, 0.5) is 0 Å². The van der Waals surface area contributed by atoms with Crippen LogP contribution in [-0.2, 0) is 0 Å². The van der Waals surface area contributed by atoms with Crippen molar-refractivity contribution in [2.24, 2.45) is 5.10 Å². The third-order valence-electron chi connectivity index (χ3n) is 3.13. The van der Waals surface area contributed by atoms with Crippen LogP contribution in [0.5, 0.6) is 0 Å². The van der Waals surface area contributed by atoms with Crippen LogP contribution in [-0.4, -0.2) is 21.1 Å². The Morgan fingerprint density at radius 1 is 1.17 bits per heavy atom. The van der Waals surface area contributed by atoms with Gasteiger partial charge in [0.05, 0.1) is 11.2 Å². The lowest BCUT2D eigenvalue weighted by Crippen LogP contribution is -1.94. The lowest BCUT2D eigenvalue weighted by atomic mass is 10.2. The Labute approximate surface area is 154 Å². The molecule has 1 N–H and O–H groups in total. The number of aromatic amines is 1. The summed E-state index contributed by atoms with van der Waals surface area (Å²) in [5.41, 5.74) is 1.79. The molecule has 4 nitrogen and oxygen atoms in total. The van der Waals surface area contributed by atoms with Gasteiger partial charge < -0.3 is 0 Å². The third-order valence-corrected chi connectivity index (χ3v) is 3.84. The van der Waals surface area contributed by atoms with Crippen LogP contribution in [0, 0.1) is 4.77 Å². The molecule has 0 aliphatic rings. The Morgan fingerprint density at radius 2 is 1.96 bits per heavy atom. The number of allylic oxidation sites excluding steroid dienone is 1. The van der Waals surface area contributed by atoms with Crippen molar-refractivity contribution in [3.8, 4) is 11.4 Å². The number of hydrogen-bond donors (Lipinski definition) is 1. The quantitative estimate of drug-likeness (QED) is 0.492. The second-order valence-electron chi connectivity index (χ2n) is 4.86. The molecule has 0 saturated heterocycles. The highest BCUT2D eigenvalue weighted by Gasteiger charge is 2.08. The number of nitrogens with one attached hydrogen (secondary N) is 1. The zero-order valence-corrected chi connectivity index (χ0v) is 14.7. The van der Waals surface area contributed by atoms with E-state index in [1.807, 2.05) is 48.5 Å². The van der Waals surface area contributed by atoms with Crippen LogP contribution in [0.2, 0.25) is 5.02 Å². The number of halogens is 2. The summed E-state index contributed by atoms with van der Waals surface area (Å²) in [7, 11) is 0. The van der Waals surface area contributed by atoms with Crippen LogP contribution in [0.1, 0.15) is 5.56 Å². The van der Waals surface area contributed by atoms with Gasteiger partial charge in [0.2, 0.25) is 4.77 Å². The second-order valence-corrected chi connectivity index (χ2v) is 6.12. The van der Waals surface area contributed by atoms with Gasteiger partial charge in [-0.2, -0.15) is 14.9 Å². The van der Waals surface area contributed by atoms with Gasteiger partial charge in [-0.1, -0.05) is 65.7 Å². The summed E-state index contributed by atoms with van der Waals surface area (Å²) in [6.45, 7) is 0. The summed E-state index contributed by atoms with van der Waals surface area (Å²) in [4.78, 5) is 0. The summed E-state index contributed by atoms with van der Waals surface area (Å²) in [5.74, 6) is 0.558. The number of rotatable bonds is 4. The second kappa shape index (κ2) is 7.57. The summed E-state index contributed by atoms with van der Waals surface area (Å²) in [6, 6.07) is 17.0. The molecule has 120 valence electrons. The van der Waals surface area contributed by atoms with Gasteiger partial charge in [0.15, 0.2) is 5.82 Å². The predicted octanol–water partition coefficient (Wildman–Crippen LogP) is 5.37. The molecule has 3 rings (SSSR count). The highest BCUT2D eigenvalue weighted by molar-refractivity contribution is 7.71. The Bertz CT molecular complexity index is 958. The van der Waals surface area contributed by atoms with Crippen LogP contribution in [0.25, 0.3) is 17.5 Å². The van der Waals surface area contributed by atoms with Crippen molar-refractivity contribution in [3.05, 3.63) is 75.0 Å². The molecule has 0 spiro atoms. The molecule has 24 heavy (non-hydrogen) atoms. The van der Waals surface area contributed by atoms with E-state index in [-0.39, 0.29) is 0 Å². The first kappa shape index (κ1) is 16.6. The van der Waals surface area contributed by atoms with Gasteiger partial charge in [0.1, 0.15) is 0 Å². The van der Waals surface area contributed by atoms with Crippen molar-refractivity contribution in [1.29, 1.82) is 0 Å². The SMILES string of the molecule is S=c1[nH]nc(-c2cccc(Cl)c2)n1N=CC(Cl)=Cc1ccccc1. The minimum Gasteiger partial charge on any atom is -0.250 e. The largest absolute Gasteiger partial charge is 0.250 e. The summed E-state index contributed by atoms with van der Waals surface area (Å²) >= 11 is 17.5. The Morgan fingerprint density at radius 3 is 2.71 bits per heavy atom. The molecule has 2 aromatic carbocycles. The highest BCUT2D eigenvalue weighted by Crippen LogP contribution is 2.21. The molecule has 0 amide bonds. The first-order chi connectivity index (χ1) is 11.6. The molecular formula is C17H12Cl2N4S. The van der Waals surface area contributed by atoms with E-state index in [1.54, 1.807) is 12.1 Å². The van der Waals surface area contributed by atoms with Gasteiger partial charge in [0, 0.05) is 10.6 Å². The highest BCUT2D eigenvalue weighted by atomic mass is 35.5. The van der Waals surface area contributed by atoms with E-state index >= 15 is 0 Å². The fourth-order valence-corrected chi connectivity index (χ4v) is 2.61. The van der Waals surface area contributed by atoms with Crippen LogP contribution in [0.3, 0.4) is 0 Å². The van der Waals surface area contributed by atoms with Gasteiger partial charge in [0.25, 0.3) is 0 Å². The smallest absolute Gasteiger partial charge is 0.216 e. The van der Waals surface area contributed by atoms with E-state index in [9.17, 15) is 0 Å². The fourth-order valence-electron chi connectivity index (χ4n) is 2.07. The maximum Gasteiger partial charge on any atom is 0.216 e. The molecule has 0 aliphatic heterocycles. The third kappa shape index (κ3) is 4.00. The Hall–Kier alpha value is -2.21. The van der Waals surface area contributed by atoms with Gasteiger partial charge in [-0.3, -0.25) is 0 Å². The molecule has 0 aliphatic carbocycles. The van der Waals surface area contributed by atoms with Crippen molar-refractivity contribution in [1.82, 2.24) is 14.9 Å². The molecular weight excluding hydrogens is 363 g/mol. The number of benzene rings is 2. The maximum atomic E-state index is 6.22. The number of hydrogen-bond acceptors (Lipinski definition) is 3. The first-order valence-corrected chi connectivity index (χ1v) is 8.20. The van der Waals surface area contributed by atoms with Crippen molar-refractivity contribution < 1.29 is 0 Å². The number of aromatic nitrogens is 3. The zero-order valence-electron chi connectivity index (χ0n) is 12.4. The molecule has 0 saturated carbocycles. The van der Waals surface area contributed by atoms with Crippen molar-refractivity contribution in [2.75, 3.05) is 0 Å². The van der Waals surface area contributed by atoms with Crippen LogP contribution in [0.15, 0.2) is 64.7 Å². The molecule has 0 radical (unpaired) electrons. The van der Waals surface area contributed by atoms with E-state index in [2.05, 4.69) is 15.3 Å². The van der Waals surface area contributed by atoms with Crippen LogP contribution >= 0.6 is 35.4 Å². The van der Waals surface area contributed by atoms with E-state index in [1.165, 1.54) is 10.9 Å². The first-order valence-electron chi connectivity index (χ1n) is 7.03. The predicted molar refractivity (Wildman–Crippen MR) is 102 cm³/mol. The zero-order chi connectivity index (χ0) is 16.9. The van der Waals surface area contributed by atoms with E-state index in [0.29, 0.717) is 20.7 Å². The standard InChI is InChI=1S/C17H12Cl2N4S/c18-14-8-4-7-13(10-14)16-21-22-17(24)23(16)20-11-15(19)9-12-5-2-1-3-6-12/h1-11H,(H,22,24). The molecule has 1 heterocycles. The average molecular weight is 375 g/mol. The lowest BCUT2D eigenvalue weighted by Gasteiger charge is -2.01. The summed E-state index contributed by atoms with van der Waals surface area (Å²) in [5, 5.41) is 12.3. The molecule has 3 aromatic rings. The van der Waals surface area contributed by atoms with Gasteiger partial charge >= 0.3 is 0 Å². The fraction of sp³-hybridized carbons (Fsp3) is 0. The maximum absolute atomic E-state index is 6.22. The molecule has 0 bridgehead atoms. The number of H-pyrrole nitrogens is 1. The molecule has 0 unspecified atom stereocenters. The molecule has 7 heteroatoms. The van der Waals surface area contributed by atoms with Crippen molar-refractivity contribution in [3.63, 3.8) is 0 Å². The molecule has 0 fully saturated rings. The Kier molecular flexibility index (Phi) is 5.25. The van der Waals surface area contributed by atoms with Gasteiger partial charge in [-0.25, -0.2) is 5.10 Å².